The summed E-state index contributed by atoms with van der Waals surface area (Å²) in [6.07, 6.45) is 0.419. The number of ether oxygens (including phenoxy) is 1. The highest BCUT2D eigenvalue weighted by Gasteiger charge is 2.12. The second kappa shape index (κ2) is 7.76. The van der Waals surface area contributed by atoms with E-state index in [0.717, 1.165) is 6.42 Å². The van der Waals surface area contributed by atoms with Gasteiger partial charge in [0.25, 0.3) is 0 Å². The molecule has 3 N–H and O–H groups in total. The molecule has 0 aromatic heterocycles. The number of hydrogen-bond donors (Lipinski definition) is 2. The molecule has 0 saturated carbocycles. The fourth-order valence-electron chi connectivity index (χ4n) is 0.868. The quantitative estimate of drug-likeness (QED) is 0.591. The number of carbonyl (C=O) groups excluding carboxylic acids is 1. The minimum atomic E-state index is -0.375. The van der Waals surface area contributed by atoms with Gasteiger partial charge in [-0.1, -0.05) is 13.8 Å². The van der Waals surface area contributed by atoms with Gasteiger partial charge in [0.15, 0.2) is 0 Å². The van der Waals surface area contributed by atoms with Crippen molar-refractivity contribution in [1.82, 2.24) is 5.32 Å². The van der Waals surface area contributed by atoms with Crippen molar-refractivity contribution in [3.63, 3.8) is 0 Å². The number of hydrogen-bond acceptors (Lipinski definition) is 3. The van der Waals surface area contributed by atoms with E-state index >= 15 is 0 Å². The number of nitrogens with one attached hydrogen (secondary N) is 1. The van der Waals surface area contributed by atoms with Crippen LogP contribution in [0.1, 0.15) is 27.2 Å². The Bertz CT molecular complexity index is 160. The summed E-state index contributed by atoms with van der Waals surface area (Å²) >= 11 is 0. The van der Waals surface area contributed by atoms with Gasteiger partial charge < -0.3 is 15.8 Å². The van der Waals surface area contributed by atoms with Crippen LogP contribution in [0.15, 0.2) is 0 Å². The fraction of sp³-hybridized carbons (Fsp3) is 0.900. The largest absolute Gasteiger partial charge is 0.369 e. The van der Waals surface area contributed by atoms with Crippen LogP contribution in [-0.2, 0) is 9.53 Å². The lowest BCUT2D eigenvalue weighted by Crippen LogP contribution is -2.36. The van der Waals surface area contributed by atoms with E-state index in [0.29, 0.717) is 25.6 Å². The third-order valence-corrected chi connectivity index (χ3v) is 1.77. The van der Waals surface area contributed by atoms with Crippen LogP contribution in [0.25, 0.3) is 0 Å². The molecular weight excluding hydrogens is 180 g/mol. The van der Waals surface area contributed by atoms with Gasteiger partial charge in [0.1, 0.15) is 6.10 Å². The van der Waals surface area contributed by atoms with Gasteiger partial charge in [0.2, 0.25) is 5.91 Å². The topological polar surface area (TPSA) is 64.3 Å². The third kappa shape index (κ3) is 6.86. The molecule has 0 heterocycles. The van der Waals surface area contributed by atoms with Gasteiger partial charge in [-0.3, -0.25) is 4.79 Å². The Kier molecular flexibility index (Phi) is 7.42. The zero-order valence-electron chi connectivity index (χ0n) is 9.38. The molecule has 0 aromatic carbocycles. The lowest BCUT2D eigenvalue weighted by molar-refractivity contribution is -0.131. The molecule has 0 rings (SSSR count). The van der Waals surface area contributed by atoms with Gasteiger partial charge >= 0.3 is 0 Å². The lowest BCUT2D eigenvalue weighted by Gasteiger charge is -2.14. The summed E-state index contributed by atoms with van der Waals surface area (Å²) in [6.45, 7) is 7.71. The molecule has 1 unspecified atom stereocenters. The van der Waals surface area contributed by atoms with Crippen LogP contribution in [-0.4, -0.2) is 31.7 Å². The molecule has 84 valence electrons. The molecule has 0 spiro atoms. The minimum absolute atomic E-state index is 0.0456. The molecule has 0 fully saturated rings. The third-order valence-electron chi connectivity index (χ3n) is 1.77. The summed E-state index contributed by atoms with van der Waals surface area (Å²) in [5, 5.41) is 2.81. The average molecular weight is 202 g/mol. The highest BCUT2D eigenvalue weighted by atomic mass is 16.5. The van der Waals surface area contributed by atoms with Crippen molar-refractivity contribution in [2.75, 3.05) is 19.7 Å². The van der Waals surface area contributed by atoms with Crippen LogP contribution in [0.5, 0.6) is 0 Å². The van der Waals surface area contributed by atoms with Crippen LogP contribution >= 0.6 is 0 Å². The molecule has 14 heavy (non-hydrogen) atoms. The van der Waals surface area contributed by atoms with Gasteiger partial charge in [0.05, 0.1) is 0 Å². The number of rotatable bonds is 7. The smallest absolute Gasteiger partial charge is 0.248 e. The summed E-state index contributed by atoms with van der Waals surface area (Å²) in [4.78, 5) is 11.4. The van der Waals surface area contributed by atoms with E-state index in [4.69, 9.17) is 10.5 Å². The Morgan fingerprint density at radius 1 is 1.43 bits per heavy atom. The molecule has 0 aliphatic heterocycles. The summed E-state index contributed by atoms with van der Waals surface area (Å²) in [7, 11) is 0. The molecule has 0 saturated heterocycles. The Hall–Kier alpha value is -0.610. The summed E-state index contributed by atoms with van der Waals surface area (Å²) in [5.74, 6) is 0.422. The van der Waals surface area contributed by atoms with E-state index in [1.54, 1.807) is 6.92 Å². The van der Waals surface area contributed by atoms with E-state index in [1.807, 2.05) is 0 Å². The predicted molar refractivity (Wildman–Crippen MR) is 56.9 cm³/mol. The van der Waals surface area contributed by atoms with Crippen molar-refractivity contribution in [3.05, 3.63) is 0 Å². The van der Waals surface area contributed by atoms with Crippen LogP contribution in [0, 0.1) is 5.92 Å². The highest BCUT2D eigenvalue weighted by molar-refractivity contribution is 5.80. The monoisotopic (exact) mass is 202 g/mol. The maximum Gasteiger partial charge on any atom is 0.248 e. The summed E-state index contributed by atoms with van der Waals surface area (Å²) < 4.78 is 5.28. The Morgan fingerprint density at radius 2 is 2.07 bits per heavy atom. The van der Waals surface area contributed by atoms with Gasteiger partial charge in [-0.15, -0.1) is 0 Å². The molecule has 0 aliphatic rings. The Balaban J connectivity index is 3.54. The average Bonchev–Trinajstić information content (AvgIpc) is 2.14. The normalized spacial score (nSPS) is 12.9. The van der Waals surface area contributed by atoms with Gasteiger partial charge in [0, 0.05) is 13.2 Å². The number of carbonyl (C=O) groups is 1. The van der Waals surface area contributed by atoms with Crippen molar-refractivity contribution >= 4 is 5.91 Å². The number of amides is 1. The highest BCUT2D eigenvalue weighted by Crippen LogP contribution is 1.94. The first-order chi connectivity index (χ1) is 6.57. The lowest BCUT2D eigenvalue weighted by atomic mass is 10.2. The number of nitrogens with two attached hydrogens (primary N) is 1. The van der Waals surface area contributed by atoms with E-state index in [1.165, 1.54) is 0 Å². The maximum atomic E-state index is 11.4. The standard InChI is InChI=1S/C10H22N2O2/c1-8(2)7-12-10(13)9(3)14-6-4-5-11/h8-9H,4-7,11H2,1-3H3,(H,12,13). The van der Waals surface area contributed by atoms with Crippen molar-refractivity contribution < 1.29 is 9.53 Å². The molecule has 0 radical (unpaired) electrons. The van der Waals surface area contributed by atoms with E-state index in [9.17, 15) is 4.79 Å². The molecule has 0 aliphatic carbocycles. The Labute approximate surface area is 86.2 Å². The minimum Gasteiger partial charge on any atom is -0.369 e. The first kappa shape index (κ1) is 13.4. The maximum absolute atomic E-state index is 11.4. The molecule has 0 aromatic rings. The second-order valence-corrected chi connectivity index (χ2v) is 3.79. The molecule has 4 nitrogen and oxygen atoms in total. The first-order valence-electron chi connectivity index (χ1n) is 5.17. The van der Waals surface area contributed by atoms with Gasteiger partial charge in [-0.25, -0.2) is 0 Å². The second-order valence-electron chi connectivity index (χ2n) is 3.79. The van der Waals surface area contributed by atoms with Crippen LogP contribution in [0.2, 0.25) is 0 Å². The molecule has 4 heteroatoms. The van der Waals surface area contributed by atoms with Crippen molar-refractivity contribution in [2.45, 2.75) is 33.3 Å². The predicted octanol–water partition coefficient (Wildman–Crippen LogP) is 0.513. The van der Waals surface area contributed by atoms with E-state index in [-0.39, 0.29) is 12.0 Å². The van der Waals surface area contributed by atoms with Crippen LogP contribution < -0.4 is 11.1 Å². The Morgan fingerprint density at radius 3 is 2.57 bits per heavy atom. The molecule has 1 amide bonds. The van der Waals surface area contributed by atoms with Crippen LogP contribution in [0.4, 0.5) is 0 Å². The van der Waals surface area contributed by atoms with E-state index < -0.39 is 0 Å². The zero-order valence-corrected chi connectivity index (χ0v) is 9.38. The van der Waals surface area contributed by atoms with E-state index in [2.05, 4.69) is 19.2 Å². The summed E-state index contributed by atoms with van der Waals surface area (Å²) in [6, 6.07) is 0. The first-order valence-corrected chi connectivity index (χ1v) is 5.17. The van der Waals surface area contributed by atoms with Crippen molar-refractivity contribution in [1.29, 1.82) is 0 Å². The summed E-state index contributed by atoms with van der Waals surface area (Å²) in [5.41, 5.74) is 5.31. The van der Waals surface area contributed by atoms with Gasteiger partial charge in [-0.2, -0.15) is 0 Å². The molecular formula is C10H22N2O2. The molecule has 1 atom stereocenters. The van der Waals surface area contributed by atoms with Crippen LogP contribution in [0.3, 0.4) is 0 Å². The zero-order chi connectivity index (χ0) is 11.0. The fourth-order valence-corrected chi connectivity index (χ4v) is 0.868. The van der Waals surface area contributed by atoms with Crippen molar-refractivity contribution in [2.24, 2.45) is 11.7 Å². The SMILES string of the molecule is CC(C)CNC(=O)C(C)OCCCN. The molecule has 0 bridgehead atoms. The van der Waals surface area contributed by atoms with Gasteiger partial charge in [-0.05, 0) is 25.8 Å². The van der Waals surface area contributed by atoms with Crippen molar-refractivity contribution in [3.8, 4) is 0 Å².